The fourth-order valence-corrected chi connectivity index (χ4v) is 1.88. The number of halogens is 1. The minimum absolute atomic E-state index is 0.0579. The van der Waals surface area contributed by atoms with Crippen LogP contribution in [-0.4, -0.2) is 10.2 Å². The number of phenols is 2. The summed E-state index contributed by atoms with van der Waals surface area (Å²) in [5, 5.41) is 22.2. The molecule has 0 aliphatic carbocycles. The third-order valence-corrected chi connectivity index (χ3v) is 3.05. The largest absolute Gasteiger partial charge is 0.504 e. The van der Waals surface area contributed by atoms with Gasteiger partial charge in [-0.25, -0.2) is 4.39 Å². The van der Waals surface area contributed by atoms with Gasteiger partial charge in [-0.15, -0.1) is 0 Å². The standard InChI is InChI=1S/C15H16FNO2/c1-10(11-4-2-6-13(16)8-11)17-9-12-5-3-7-14(18)15(12)19/h2-8,10,17-19H,9H2,1H3/t10-/m1/s1. The zero-order chi connectivity index (χ0) is 13.8. The Labute approximate surface area is 111 Å². The predicted octanol–water partition coefficient (Wildman–Crippen LogP) is 3.09. The van der Waals surface area contributed by atoms with Crippen molar-refractivity contribution in [2.75, 3.05) is 0 Å². The molecule has 2 aromatic carbocycles. The normalized spacial score (nSPS) is 12.3. The summed E-state index contributed by atoms with van der Waals surface area (Å²) in [6.07, 6.45) is 0. The van der Waals surface area contributed by atoms with Crippen molar-refractivity contribution < 1.29 is 14.6 Å². The molecule has 0 unspecified atom stereocenters. The lowest BCUT2D eigenvalue weighted by molar-refractivity contribution is 0.396. The molecule has 100 valence electrons. The number of hydrogen-bond acceptors (Lipinski definition) is 3. The summed E-state index contributed by atoms with van der Waals surface area (Å²) in [6.45, 7) is 2.30. The molecular weight excluding hydrogens is 245 g/mol. The van der Waals surface area contributed by atoms with Gasteiger partial charge < -0.3 is 15.5 Å². The van der Waals surface area contributed by atoms with Gasteiger partial charge in [-0.3, -0.25) is 0 Å². The van der Waals surface area contributed by atoms with Gasteiger partial charge in [0.15, 0.2) is 11.5 Å². The third-order valence-electron chi connectivity index (χ3n) is 3.05. The number of rotatable bonds is 4. The van der Waals surface area contributed by atoms with E-state index in [1.807, 2.05) is 13.0 Å². The van der Waals surface area contributed by atoms with Gasteiger partial charge in [-0.1, -0.05) is 24.3 Å². The van der Waals surface area contributed by atoms with Gasteiger partial charge in [0, 0.05) is 18.2 Å². The highest BCUT2D eigenvalue weighted by Crippen LogP contribution is 2.28. The number of hydrogen-bond donors (Lipinski definition) is 3. The molecule has 2 rings (SSSR count). The van der Waals surface area contributed by atoms with E-state index < -0.39 is 0 Å². The van der Waals surface area contributed by atoms with Crippen molar-refractivity contribution in [3.63, 3.8) is 0 Å². The Bertz CT molecular complexity index is 572. The second kappa shape index (κ2) is 5.71. The molecule has 1 atom stereocenters. The van der Waals surface area contributed by atoms with Crippen LogP contribution in [0.1, 0.15) is 24.1 Å². The van der Waals surface area contributed by atoms with E-state index in [2.05, 4.69) is 5.32 Å². The molecule has 0 radical (unpaired) electrons. The number of benzene rings is 2. The van der Waals surface area contributed by atoms with E-state index in [0.29, 0.717) is 12.1 Å². The number of para-hydroxylation sites is 1. The van der Waals surface area contributed by atoms with Crippen LogP contribution >= 0.6 is 0 Å². The Morgan fingerprint density at radius 1 is 1.16 bits per heavy atom. The molecule has 0 spiro atoms. The lowest BCUT2D eigenvalue weighted by atomic mass is 10.1. The molecule has 0 fully saturated rings. The Morgan fingerprint density at radius 2 is 1.89 bits per heavy atom. The molecular formula is C15H16FNO2. The second-order valence-electron chi connectivity index (χ2n) is 4.44. The van der Waals surface area contributed by atoms with Crippen LogP contribution in [0.3, 0.4) is 0 Å². The first-order valence-corrected chi connectivity index (χ1v) is 6.06. The van der Waals surface area contributed by atoms with Crippen molar-refractivity contribution in [2.24, 2.45) is 0 Å². The SMILES string of the molecule is C[C@@H](NCc1cccc(O)c1O)c1cccc(F)c1. The number of aromatic hydroxyl groups is 2. The van der Waals surface area contributed by atoms with Gasteiger partial charge in [0.1, 0.15) is 5.82 Å². The maximum atomic E-state index is 13.1. The van der Waals surface area contributed by atoms with Gasteiger partial charge in [-0.05, 0) is 30.7 Å². The fourth-order valence-electron chi connectivity index (χ4n) is 1.88. The molecule has 3 N–H and O–H groups in total. The summed E-state index contributed by atoms with van der Waals surface area (Å²) >= 11 is 0. The first-order valence-electron chi connectivity index (χ1n) is 6.06. The van der Waals surface area contributed by atoms with Gasteiger partial charge in [0.2, 0.25) is 0 Å². The average molecular weight is 261 g/mol. The van der Waals surface area contributed by atoms with E-state index in [4.69, 9.17) is 0 Å². The van der Waals surface area contributed by atoms with E-state index in [1.54, 1.807) is 18.2 Å². The molecule has 0 aromatic heterocycles. The summed E-state index contributed by atoms with van der Waals surface area (Å²) in [7, 11) is 0. The quantitative estimate of drug-likeness (QED) is 0.741. The number of phenolic OH excluding ortho intramolecular Hbond substituents is 2. The molecule has 0 aliphatic rings. The highest BCUT2D eigenvalue weighted by molar-refractivity contribution is 5.44. The minimum Gasteiger partial charge on any atom is -0.504 e. The van der Waals surface area contributed by atoms with E-state index in [1.165, 1.54) is 18.2 Å². The van der Waals surface area contributed by atoms with Crippen LogP contribution in [0, 0.1) is 5.82 Å². The first-order chi connectivity index (χ1) is 9.08. The Kier molecular flexibility index (Phi) is 4.02. The first kappa shape index (κ1) is 13.4. The van der Waals surface area contributed by atoms with Crippen LogP contribution in [0.4, 0.5) is 4.39 Å². The molecule has 0 aliphatic heterocycles. The van der Waals surface area contributed by atoms with Crippen molar-refractivity contribution >= 4 is 0 Å². The molecule has 0 bridgehead atoms. The Balaban J connectivity index is 2.04. The molecule has 3 nitrogen and oxygen atoms in total. The minimum atomic E-state index is -0.272. The lowest BCUT2D eigenvalue weighted by Gasteiger charge is -2.15. The van der Waals surface area contributed by atoms with E-state index in [0.717, 1.165) is 5.56 Å². The maximum Gasteiger partial charge on any atom is 0.161 e. The highest BCUT2D eigenvalue weighted by Gasteiger charge is 2.09. The summed E-state index contributed by atoms with van der Waals surface area (Å²) in [4.78, 5) is 0. The zero-order valence-corrected chi connectivity index (χ0v) is 10.6. The highest BCUT2D eigenvalue weighted by atomic mass is 19.1. The zero-order valence-electron chi connectivity index (χ0n) is 10.6. The molecule has 4 heteroatoms. The van der Waals surface area contributed by atoms with Gasteiger partial charge in [0.25, 0.3) is 0 Å². The molecule has 0 amide bonds. The van der Waals surface area contributed by atoms with Crippen LogP contribution in [0.2, 0.25) is 0 Å². The van der Waals surface area contributed by atoms with Crippen LogP contribution in [0.25, 0.3) is 0 Å². The Hall–Kier alpha value is -2.07. The van der Waals surface area contributed by atoms with Crippen molar-refractivity contribution in [3.05, 3.63) is 59.4 Å². The van der Waals surface area contributed by atoms with Crippen LogP contribution in [-0.2, 0) is 6.54 Å². The van der Waals surface area contributed by atoms with E-state index in [-0.39, 0.29) is 23.4 Å². The topological polar surface area (TPSA) is 52.5 Å². The average Bonchev–Trinajstić information content (AvgIpc) is 2.40. The van der Waals surface area contributed by atoms with Crippen LogP contribution < -0.4 is 5.32 Å². The lowest BCUT2D eigenvalue weighted by Crippen LogP contribution is -2.18. The van der Waals surface area contributed by atoms with E-state index >= 15 is 0 Å². The summed E-state index contributed by atoms with van der Waals surface area (Å²) in [5.74, 6) is -0.537. The molecule has 0 saturated carbocycles. The number of nitrogens with one attached hydrogen (secondary N) is 1. The summed E-state index contributed by atoms with van der Waals surface area (Å²) < 4.78 is 13.1. The molecule has 2 aromatic rings. The summed E-state index contributed by atoms with van der Waals surface area (Å²) in [6, 6.07) is 11.1. The second-order valence-corrected chi connectivity index (χ2v) is 4.44. The van der Waals surface area contributed by atoms with Gasteiger partial charge in [-0.2, -0.15) is 0 Å². The van der Waals surface area contributed by atoms with Crippen molar-refractivity contribution in [1.82, 2.24) is 5.32 Å². The summed E-state index contributed by atoms with van der Waals surface area (Å²) in [5.41, 5.74) is 1.43. The maximum absolute atomic E-state index is 13.1. The van der Waals surface area contributed by atoms with Crippen LogP contribution in [0.15, 0.2) is 42.5 Å². The smallest absolute Gasteiger partial charge is 0.161 e. The molecule has 0 saturated heterocycles. The molecule has 19 heavy (non-hydrogen) atoms. The fraction of sp³-hybridized carbons (Fsp3) is 0.200. The van der Waals surface area contributed by atoms with Crippen molar-refractivity contribution in [1.29, 1.82) is 0 Å². The van der Waals surface area contributed by atoms with E-state index in [9.17, 15) is 14.6 Å². The van der Waals surface area contributed by atoms with Crippen molar-refractivity contribution in [3.8, 4) is 11.5 Å². The predicted molar refractivity (Wildman–Crippen MR) is 71.4 cm³/mol. The van der Waals surface area contributed by atoms with Gasteiger partial charge in [0.05, 0.1) is 0 Å². The Morgan fingerprint density at radius 3 is 2.63 bits per heavy atom. The van der Waals surface area contributed by atoms with Crippen molar-refractivity contribution in [2.45, 2.75) is 19.5 Å². The monoisotopic (exact) mass is 261 g/mol. The van der Waals surface area contributed by atoms with Crippen LogP contribution in [0.5, 0.6) is 11.5 Å². The molecule has 0 heterocycles. The van der Waals surface area contributed by atoms with Gasteiger partial charge >= 0.3 is 0 Å². The third kappa shape index (κ3) is 3.23.